The van der Waals surface area contributed by atoms with Gasteiger partial charge in [0.05, 0.1) is 14.2 Å². The van der Waals surface area contributed by atoms with E-state index in [4.69, 9.17) is 9.47 Å². The topological polar surface area (TPSA) is 82.5 Å². The van der Waals surface area contributed by atoms with Crippen LogP contribution in [0.5, 0.6) is 23.0 Å². The smallest absolute Gasteiger partial charge is 0.185 e. The number of allylic oxidation sites excluding steroid dienone is 2. The average Bonchev–Trinajstić information content (AvgIpc) is 3.68. The fraction of sp³-hybridized carbons (Fsp3) is 0.452. The molecule has 202 valence electrons. The Kier molecular flexibility index (Phi) is 8.05. The Morgan fingerprint density at radius 1 is 0.711 bits per heavy atom. The minimum atomic E-state index is 0.0336. The highest BCUT2D eigenvalue weighted by molar-refractivity contribution is 6.15. The Labute approximate surface area is 225 Å². The Morgan fingerprint density at radius 3 is 1.47 bits per heavy atom. The summed E-state index contributed by atoms with van der Waals surface area (Å²) in [5, 5.41) is 21.4. The lowest BCUT2D eigenvalue weighted by Crippen LogP contribution is -2.18. The number of carbonyl (C=O) groups excluding carboxylic acids is 1. The van der Waals surface area contributed by atoms with E-state index in [9.17, 15) is 15.0 Å². The number of hydrogen-bond donors (Lipinski definition) is 2. The number of ether oxygens (including phenoxy) is 2. The fourth-order valence-electron chi connectivity index (χ4n) is 5.84. The van der Waals surface area contributed by atoms with Crippen LogP contribution in [-0.2, 0) is 17.9 Å². The Balaban J connectivity index is 1.39. The maximum absolute atomic E-state index is 13.4. The third-order valence-corrected chi connectivity index (χ3v) is 7.91. The van der Waals surface area contributed by atoms with E-state index >= 15 is 0 Å². The summed E-state index contributed by atoms with van der Waals surface area (Å²) in [6, 6.07) is 7.52. The molecule has 0 amide bonds. The number of phenols is 2. The quantitative estimate of drug-likeness (QED) is 0.469. The number of ketones is 1. The number of carbonyl (C=O) groups is 1. The molecule has 3 fully saturated rings. The fourth-order valence-corrected chi connectivity index (χ4v) is 5.84. The van der Waals surface area contributed by atoms with Crippen LogP contribution in [0.15, 0.2) is 35.4 Å². The van der Waals surface area contributed by atoms with Crippen molar-refractivity contribution in [3.05, 3.63) is 57.7 Å². The van der Waals surface area contributed by atoms with Gasteiger partial charge >= 0.3 is 0 Å². The van der Waals surface area contributed by atoms with Crippen molar-refractivity contribution in [3.63, 3.8) is 0 Å². The minimum Gasteiger partial charge on any atom is -0.504 e. The van der Waals surface area contributed by atoms with Crippen molar-refractivity contribution in [1.82, 2.24) is 9.80 Å². The summed E-state index contributed by atoms with van der Waals surface area (Å²) < 4.78 is 10.9. The van der Waals surface area contributed by atoms with E-state index in [1.54, 1.807) is 26.4 Å². The molecule has 2 aromatic carbocycles. The highest BCUT2D eigenvalue weighted by Crippen LogP contribution is 2.37. The van der Waals surface area contributed by atoms with Gasteiger partial charge in [0.1, 0.15) is 0 Å². The van der Waals surface area contributed by atoms with Crippen LogP contribution in [0.4, 0.5) is 0 Å². The van der Waals surface area contributed by atoms with Crippen LogP contribution in [0.3, 0.4) is 0 Å². The lowest BCUT2D eigenvalue weighted by Gasteiger charge is -2.17. The van der Waals surface area contributed by atoms with Crippen molar-refractivity contribution in [2.45, 2.75) is 51.6 Å². The summed E-state index contributed by atoms with van der Waals surface area (Å²) in [5.41, 5.74) is 4.86. The first-order valence-corrected chi connectivity index (χ1v) is 13.7. The molecule has 0 bridgehead atoms. The van der Waals surface area contributed by atoms with E-state index in [1.165, 1.54) is 25.7 Å². The highest BCUT2D eigenvalue weighted by atomic mass is 16.5. The Bertz CT molecular complexity index is 1160. The third-order valence-electron chi connectivity index (χ3n) is 7.91. The first-order chi connectivity index (χ1) is 18.4. The number of aromatic hydroxyl groups is 2. The molecule has 2 saturated heterocycles. The number of methoxy groups -OCH3 is 2. The molecule has 0 atom stereocenters. The molecule has 38 heavy (non-hydrogen) atoms. The van der Waals surface area contributed by atoms with Gasteiger partial charge in [-0.25, -0.2) is 0 Å². The summed E-state index contributed by atoms with van der Waals surface area (Å²) >= 11 is 0. The summed E-state index contributed by atoms with van der Waals surface area (Å²) in [4.78, 5) is 18.0. The second kappa shape index (κ2) is 11.6. The molecule has 2 heterocycles. The van der Waals surface area contributed by atoms with E-state index in [1.807, 2.05) is 24.3 Å². The van der Waals surface area contributed by atoms with Crippen LogP contribution in [-0.4, -0.2) is 66.2 Å². The number of likely N-dealkylation sites (tertiary alicyclic amines) is 2. The second-order valence-electron chi connectivity index (χ2n) is 10.6. The molecule has 0 spiro atoms. The van der Waals surface area contributed by atoms with Gasteiger partial charge < -0.3 is 19.7 Å². The molecule has 0 radical (unpaired) electrons. The summed E-state index contributed by atoms with van der Waals surface area (Å²) in [7, 11) is 3.11. The third kappa shape index (κ3) is 5.74. The molecule has 5 rings (SSSR count). The van der Waals surface area contributed by atoms with Crippen molar-refractivity contribution in [1.29, 1.82) is 0 Å². The van der Waals surface area contributed by atoms with Gasteiger partial charge in [-0.15, -0.1) is 0 Å². The van der Waals surface area contributed by atoms with Gasteiger partial charge in [0.25, 0.3) is 0 Å². The van der Waals surface area contributed by atoms with Crippen LogP contribution >= 0.6 is 0 Å². The van der Waals surface area contributed by atoms with Crippen LogP contribution in [0.25, 0.3) is 12.2 Å². The zero-order chi connectivity index (χ0) is 26.6. The molecule has 2 aliphatic heterocycles. The van der Waals surface area contributed by atoms with Crippen LogP contribution in [0, 0.1) is 0 Å². The first-order valence-electron chi connectivity index (χ1n) is 13.7. The van der Waals surface area contributed by atoms with E-state index in [0.29, 0.717) is 37.4 Å². The van der Waals surface area contributed by atoms with Gasteiger partial charge in [-0.2, -0.15) is 0 Å². The molecule has 1 aliphatic carbocycles. The molecule has 1 saturated carbocycles. The summed E-state index contributed by atoms with van der Waals surface area (Å²) in [5.74, 6) is 1.23. The molecule has 3 aliphatic rings. The molecule has 7 nitrogen and oxygen atoms in total. The lowest BCUT2D eigenvalue weighted by molar-refractivity contribution is -0.111. The van der Waals surface area contributed by atoms with Crippen molar-refractivity contribution >= 4 is 17.9 Å². The van der Waals surface area contributed by atoms with E-state index < -0.39 is 0 Å². The van der Waals surface area contributed by atoms with Crippen LogP contribution in [0.1, 0.15) is 60.8 Å². The van der Waals surface area contributed by atoms with Crippen molar-refractivity contribution < 1.29 is 24.5 Å². The monoisotopic (exact) mass is 518 g/mol. The Morgan fingerprint density at radius 2 is 1.11 bits per heavy atom. The van der Waals surface area contributed by atoms with Crippen molar-refractivity contribution in [2.75, 3.05) is 40.4 Å². The van der Waals surface area contributed by atoms with Gasteiger partial charge in [-0.3, -0.25) is 14.6 Å². The van der Waals surface area contributed by atoms with Gasteiger partial charge in [0.15, 0.2) is 28.8 Å². The maximum atomic E-state index is 13.4. The number of Topliss-reactive ketones (excluding diaryl/α,β-unsaturated/α-hetero) is 1. The van der Waals surface area contributed by atoms with E-state index in [2.05, 4.69) is 9.80 Å². The predicted molar refractivity (Wildman–Crippen MR) is 149 cm³/mol. The second-order valence-corrected chi connectivity index (χ2v) is 10.6. The maximum Gasteiger partial charge on any atom is 0.185 e. The summed E-state index contributed by atoms with van der Waals surface area (Å²) in [6.07, 6.45) is 9.88. The lowest BCUT2D eigenvalue weighted by atomic mass is 10.0. The van der Waals surface area contributed by atoms with E-state index in [0.717, 1.165) is 59.6 Å². The molecular weight excluding hydrogens is 480 g/mol. The van der Waals surface area contributed by atoms with Gasteiger partial charge in [0, 0.05) is 35.4 Å². The molecule has 0 unspecified atom stereocenters. The number of nitrogens with zero attached hydrogens (tertiary/aromatic N) is 2. The number of rotatable bonds is 8. The van der Waals surface area contributed by atoms with Gasteiger partial charge in [-0.1, -0.05) is 0 Å². The standard InChI is InChI=1S/C31H38N2O5/c1-37-27-17-21(15-25(30(27)35)19-32-9-3-4-10-32)13-23-7-8-24(29(23)34)14-22-16-26(20-33-11-5-6-12-33)31(36)28(18-22)38-2/h13-18,35-36H,3-12,19-20H2,1-2H3/b23-13+,24-14+. The van der Waals surface area contributed by atoms with Crippen LogP contribution < -0.4 is 9.47 Å². The zero-order valence-electron chi connectivity index (χ0n) is 22.5. The SMILES string of the molecule is COc1cc(/C=C2\CC/C(=C\c3cc(CN4CCCC4)c(O)c(OC)c3)C2=O)cc(CN2CCCC2)c1O. The predicted octanol–water partition coefficient (Wildman–Crippen LogP) is 5.14. The largest absolute Gasteiger partial charge is 0.504 e. The van der Waals surface area contributed by atoms with Crippen molar-refractivity contribution in [2.24, 2.45) is 0 Å². The van der Waals surface area contributed by atoms with E-state index in [-0.39, 0.29) is 17.3 Å². The number of hydrogen-bond acceptors (Lipinski definition) is 7. The number of phenolic OH excluding ortho intramolecular Hbond substituents is 2. The summed E-state index contributed by atoms with van der Waals surface area (Å²) in [6.45, 7) is 5.45. The van der Waals surface area contributed by atoms with Gasteiger partial charge in [-0.05, 0) is 112 Å². The average molecular weight is 519 g/mol. The molecule has 2 N–H and O–H groups in total. The first kappa shape index (κ1) is 26.3. The highest BCUT2D eigenvalue weighted by Gasteiger charge is 2.25. The zero-order valence-corrected chi connectivity index (χ0v) is 22.5. The molecule has 0 aromatic heterocycles. The number of benzene rings is 2. The molecule has 7 heteroatoms. The minimum absolute atomic E-state index is 0.0336. The van der Waals surface area contributed by atoms with Gasteiger partial charge in [0.2, 0.25) is 0 Å². The molecule has 2 aromatic rings. The normalized spacial score (nSPS) is 20.7. The Hall–Kier alpha value is -3.29. The van der Waals surface area contributed by atoms with Crippen LogP contribution in [0.2, 0.25) is 0 Å². The van der Waals surface area contributed by atoms with Crippen molar-refractivity contribution in [3.8, 4) is 23.0 Å². The molecular formula is C31H38N2O5.